The Kier molecular flexibility index (Phi) is 5.83. The van der Waals surface area contributed by atoms with E-state index in [-0.39, 0.29) is 18.4 Å². The molecule has 0 bridgehead atoms. The van der Waals surface area contributed by atoms with Gasteiger partial charge in [0.2, 0.25) is 6.79 Å². The summed E-state index contributed by atoms with van der Waals surface area (Å²) in [6.45, 7) is 3.05. The molecule has 30 heavy (non-hydrogen) atoms. The fourth-order valence-corrected chi connectivity index (χ4v) is 3.57. The maximum absolute atomic E-state index is 12.7. The van der Waals surface area contributed by atoms with E-state index < -0.39 is 17.6 Å². The number of carbonyl (C=O) groups excluding carboxylic acids is 1. The minimum absolute atomic E-state index is 0.137. The van der Waals surface area contributed by atoms with Crippen LogP contribution in [0.3, 0.4) is 0 Å². The Morgan fingerprint density at radius 2 is 1.73 bits per heavy atom. The lowest BCUT2D eigenvalue weighted by Gasteiger charge is -2.35. The molecule has 1 fully saturated rings. The van der Waals surface area contributed by atoms with Crippen LogP contribution < -0.4 is 14.8 Å². The zero-order valence-electron chi connectivity index (χ0n) is 16.1. The van der Waals surface area contributed by atoms with E-state index in [9.17, 15) is 18.0 Å². The van der Waals surface area contributed by atoms with Crippen molar-refractivity contribution in [3.8, 4) is 11.5 Å². The van der Waals surface area contributed by atoms with Crippen molar-refractivity contribution in [1.82, 2.24) is 10.2 Å². The Bertz CT molecular complexity index is 896. The monoisotopic (exact) mass is 422 g/mol. The predicted octanol–water partition coefficient (Wildman–Crippen LogP) is 3.24. The van der Waals surface area contributed by atoms with Crippen molar-refractivity contribution in [1.29, 1.82) is 0 Å². The highest BCUT2D eigenvalue weighted by Gasteiger charge is 2.30. The average Bonchev–Trinajstić information content (AvgIpc) is 3.22. The quantitative estimate of drug-likeness (QED) is 0.802. The minimum Gasteiger partial charge on any atom is -0.454 e. The predicted molar refractivity (Wildman–Crippen MR) is 101 cm³/mol. The van der Waals surface area contributed by atoms with Gasteiger partial charge in [-0.3, -0.25) is 9.69 Å². The fourth-order valence-electron chi connectivity index (χ4n) is 3.57. The molecule has 0 aromatic heterocycles. The van der Waals surface area contributed by atoms with Crippen LogP contribution in [-0.2, 0) is 10.9 Å². The third-order valence-corrected chi connectivity index (χ3v) is 5.20. The molecule has 0 radical (unpaired) electrons. The number of carbonyl (C=O) groups is 1. The van der Waals surface area contributed by atoms with Crippen molar-refractivity contribution in [3.05, 3.63) is 59.2 Å². The molecule has 160 valence electrons. The van der Waals surface area contributed by atoms with Crippen LogP contribution in [0.1, 0.15) is 27.5 Å². The second kappa shape index (κ2) is 8.53. The van der Waals surface area contributed by atoms with Gasteiger partial charge in [0.25, 0.3) is 5.91 Å². The SMILES string of the molecule is O=C(NC[C@H](c1ccc2c(c1)OCO2)N1CCOCC1)c1ccc(C(F)(F)F)cc1. The third-order valence-electron chi connectivity index (χ3n) is 5.20. The number of ether oxygens (including phenoxy) is 3. The number of fused-ring (bicyclic) bond motifs is 1. The van der Waals surface area contributed by atoms with E-state index >= 15 is 0 Å². The summed E-state index contributed by atoms with van der Waals surface area (Å²) >= 11 is 0. The number of halogens is 3. The summed E-state index contributed by atoms with van der Waals surface area (Å²) in [5.41, 5.74) is 0.342. The standard InChI is InChI=1S/C21H21F3N2O4/c22-21(23,24)16-4-1-14(2-5-16)20(27)25-12-17(26-7-9-28-10-8-26)15-3-6-18-19(11-15)30-13-29-18/h1-6,11,17H,7-10,12-13H2,(H,25,27)/t17-/m1/s1. The van der Waals surface area contributed by atoms with Gasteiger partial charge in [0.15, 0.2) is 11.5 Å². The molecule has 2 heterocycles. The lowest BCUT2D eigenvalue weighted by atomic mass is 10.0. The van der Waals surface area contributed by atoms with Gasteiger partial charge in [-0.15, -0.1) is 0 Å². The molecule has 1 N–H and O–H groups in total. The van der Waals surface area contributed by atoms with Gasteiger partial charge in [0.1, 0.15) is 0 Å². The van der Waals surface area contributed by atoms with Crippen molar-refractivity contribution >= 4 is 5.91 Å². The van der Waals surface area contributed by atoms with E-state index in [0.717, 1.165) is 17.7 Å². The first-order chi connectivity index (χ1) is 14.4. The molecule has 2 aliphatic rings. The van der Waals surface area contributed by atoms with E-state index in [1.165, 1.54) is 12.1 Å². The molecular formula is C21H21F3N2O4. The second-order valence-corrected chi connectivity index (χ2v) is 7.06. The van der Waals surface area contributed by atoms with Gasteiger partial charge >= 0.3 is 6.18 Å². The summed E-state index contributed by atoms with van der Waals surface area (Å²) in [5, 5.41) is 2.85. The first-order valence-corrected chi connectivity index (χ1v) is 9.58. The van der Waals surface area contributed by atoms with Gasteiger partial charge in [-0.1, -0.05) is 6.07 Å². The van der Waals surface area contributed by atoms with Crippen LogP contribution in [0.5, 0.6) is 11.5 Å². The Balaban J connectivity index is 1.48. The van der Waals surface area contributed by atoms with Crippen LogP contribution in [0, 0.1) is 0 Å². The number of rotatable bonds is 5. The van der Waals surface area contributed by atoms with E-state index in [1.807, 2.05) is 18.2 Å². The van der Waals surface area contributed by atoms with Crippen molar-refractivity contribution in [2.24, 2.45) is 0 Å². The van der Waals surface area contributed by atoms with Gasteiger partial charge in [-0.2, -0.15) is 13.2 Å². The van der Waals surface area contributed by atoms with Crippen LogP contribution in [0.15, 0.2) is 42.5 Å². The number of benzene rings is 2. The molecule has 0 saturated carbocycles. The zero-order valence-corrected chi connectivity index (χ0v) is 16.1. The first kappa shape index (κ1) is 20.5. The molecular weight excluding hydrogens is 401 g/mol. The van der Waals surface area contributed by atoms with Crippen molar-refractivity contribution in [2.75, 3.05) is 39.6 Å². The fraction of sp³-hybridized carbons (Fsp3) is 0.381. The maximum atomic E-state index is 12.7. The molecule has 2 aromatic carbocycles. The lowest BCUT2D eigenvalue weighted by Crippen LogP contribution is -2.43. The van der Waals surface area contributed by atoms with E-state index in [1.54, 1.807) is 0 Å². The summed E-state index contributed by atoms with van der Waals surface area (Å²) in [6.07, 6.45) is -4.43. The summed E-state index contributed by atoms with van der Waals surface area (Å²) in [6, 6.07) is 9.71. The largest absolute Gasteiger partial charge is 0.454 e. The van der Waals surface area contributed by atoms with Gasteiger partial charge in [0, 0.05) is 25.2 Å². The highest BCUT2D eigenvalue weighted by molar-refractivity contribution is 5.94. The number of nitrogens with zero attached hydrogens (tertiary/aromatic N) is 1. The smallest absolute Gasteiger partial charge is 0.416 e. The summed E-state index contributed by atoms with van der Waals surface area (Å²) in [7, 11) is 0. The zero-order chi connectivity index (χ0) is 21.1. The molecule has 1 atom stereocenters. The maximum Gasteiger partial charge on any atom is 0.416 e. The Morgan fingerprint density at radius 3 is 2.43 bits per heavy atom. The molecule has 2 aliphatic heterocycles. The van der Waals surface area contributed by atoms with Gasteiger partial charge < -0.3 is 19.5 Å². The molecule has 9 heteroatoms. The minimum atomic E-state index is -4.43. The first-order valence-electron chi connectivity index (χ1n) is 9.58. The van der Waals surface area contributed by atoms with Crippen molar-refractivity contribution in [3.63, 3.8) is 0 Å². The van der Waals surface area contributed by atoms with Crippen LogP contribution in [0.4, 0.5) is 13.2 Å². The molecule has 4 rings (SSSR count). The van der Waals surface area contributed by atoms with Gasteiger partial charge in [-0.25, -0.2) is 0 Å². The normalized spacial score (nSPS) is 17.6. The van der Waals surface area contributed by atoms with E-state index in [4.69, 9.17) is 14.2 Å². The molecule has 0 unspecified atom stereocenters. The topological polar surface area (TPSA) is 60.0 Å². The number of amides is 1. The van der Waals surface area contributed by atoms with E-state index in [0.29, 0.717) is 44.3 Å². The summed E-state index contributed by atoms with van der Waals surface area (Å²) < 4.78 is 54.4. The van der Waals surface area contributed by atoms with Crippen LogP contribution in [-0.4, -0.2) is 50.4 Å². The van der Waals surface area contributed by atoms with Crippen LogP contribution >= 0.6 is 0 Å². The highest BCUT2D eigenvalue weighted by Crippen LogP contribution is 2.35. The van der Waals surface area contributed by atoms with Crippen molar-refractivity contribution < 1.29 is 32.2 Å². The Hall–Kier alpha value is -2.78. The molecule has 1 saturated heterocycles. The lowest BCUT2D eigenvalue weighted by molar-refractivity contribution is -0.137. The number of morpholine rings is 1. The summed E-state index contributed by atoms with van der Waals surface area (Å²) in [4.78, 5) is 14.7. The highest BCUT2D eigenvalue weighted by atomic mass is 19.4. The Morgan fingerprint density at radius 1 is 1.03 bits per heavy atom. The third kappa shape index (κ3) is 4.52. The average molecular weight is 422 g/mol. The van der Waals surface area contributed by atoms with Crippen LogP contribution in [0.2, 0.25) is 0 Å². The number of hydrogen-bond acceptors (Lipinski definition) is 5. The summed E-state index contributed by atoms with van der Waals surface area (Å²) in [5.74, 6) is 0.899. The number of alkyl halides is 3. The van der Waals surface area contributed by atoms with Crippen LogP contribution in [0.25, 0.3) is 0 Å². The number of nitrogens with one attached hydrogen (secondary N) is 1. The second-order valence-electron chi connectivity index (χ2n) is 7.06. The molecule has 0 spiro atoms. The molecule has 0 aliphatic carbocycles. The Labute approximate surface area is 171 Å². The van der Waals surface area contributed by atoms with E-state index in [2.05, 4.69) is 10.2 Å². The van der Waals surface area contributed by atoms with Crippen molar-refractivity contribution in [2.45, 2.75) is 12.2 Å². The van der Waals surface area contributed by atoms with Gasteiger partial charge in [-0.05, 0) is 42.0 Å². The molecule has 2 aromatic rings. The molecule has 6 nitrogen and oxygen atoms in total. The van der Waals surface area contributed by atoms with Gasteiger partial charge in [0.05, 0.1) is 24.8 Å². The number of hydrogen-bond donors (Lipinski definition) is 1. The molecule has 1 amide bonds.